The number of halogens is 3. The number of amides is 2. The molecule has 1 fully saturated rings. The second-order valence-electron chi connectivity index (χ2n) is 9.34. The molecule has 1 aromatic heterocycles. The number of aliphatic imine (C=N–C) groups is 1. The second-order valence-corrected chi connectivity index (χ2v) is 10.2. The zero-order chi connectivity index (χ0) is 28.6. The molecule has 2 aromatic carbocycles. The first-order chi connectivity index (χ1) is 19.2. The van der Waals surface area contributed by atoms with E-state index in [0.717, 1.165) is 0 Å². The number of allylic oxidation sites excluding steroid dienone is 1. The second kappa shape index (κ2) is 11.3. The number of aromatic nitrogens is 1. The van der Waals surface area contributed by atoms with Gasteiger partial charge < -0.3 is 19.5 Å². The molecule has 0 bridgehead atoms. The lowest BCUT2D eigenvalue weighted by Gasteiger charge is -2.28. The van der Waals surface area contributed by atoms with Crippen LogP contribution in [0.1, 0.15) is 35.1 Å². The number of benzene rings is 2. The number of likely N-dealkylation sites (tertiary alicyclic amines) is 1. The first kappa shape index (κ1) is 27.6. The zero-order valence-electron chi connectivity index (χ0n) is 21.5. The number of ether oxygens (including phenoxy) is 2. The third-order valence-electron chi connectivity index (χ3n) is 7.03. The molecule has 11 heteroatoms. The molecule has 40 heavy (non-hydrogen) atoms. The van der Waals surface area contributed by atoms with Crippen molar-refractivity contribution in [1.82, 2.24) is 9.88 Å². The van der Waals surface area contributed by atoms with Crippen LogP contribution in [0.15, 0.2) is 71.1 Å². The predicted molar refractivity (Wildman–Crippen MR) is 148 cm³/mol. The minimum Gasteiger partial charge on any atom is -0.510 e. The van der Waals surface area contributed by atoms with Crippen LogP contribution in [0.4, 0.5) is 4.39 Å². The van der Waals surface area contributed by atoms with Gasteiger partial charge in [0, 0.05) is 30.2 Å². The average molecular weight is 584 g/mol. The Hall–Kier alpha value is -3.95. The number of aliphatic hydroxyl groups excluding tert-OH is 1. The molecule has 0 spiro atoms. The Morgan fingerprint density at radius 1 is 1.07 bits per heavy atom. The van der Waals surface area contributed by atoms with Crippen LogP contribution in [0, 0.1) is 5.82 Å². The molecule has 2 aliphatic heterocycles. The molecular weight excluding hydrogens is 560 g/mol. The first-order valence-corrected chi connectivity index (χ1v) is 13.1. The molecule has 0 aliphatic carbocycles. The normalized spacial score (nSPS) is 19.1. The summed E-state index contributed by atoms with van der Waals surface area (Å²) in [7, 11) is 2.92. The molecular formula is C29H24Cl2FN3O5. The molecule has 2 aliphatic rings. The van der Waals surface area contributed by atoms with Gasteiger partial charge in [0.05, 0.1) is 42.1 Å². The molecule has 1 saturated heterocycles. The maximum atomic E-state index is 14.5. The SMILES string of the molecule is COc1cccc(OC)c1C1C(c2cccc(Cl)c2)=NC(=O)C(C(=O)N2CCC(c3ncc(Cl)cc3F)C2)=C1O. The van der Waals surface area contributed by atoms with Gasteiger partial charge >= 0.3 is 0 Å². The zero-order valence-corrected chi connectivity index (χ0v) is 23.0. The van der Waals surface area contributed by atoms with Gasteiger partial charge in [-0.15, -0.1) is 0 Å². The molecule has 8 nitrogen and oxygen atoms in total. The van der Waals surface area contributed by atoms with E-state index >= 15 is 0 Å². The number of nitrogens with zero attached hydrogens (tertiary/aromatic N) is 3. The van der Waals surface area contributed by atoms with Gasteiger partial charge in [0.2, 0.25) is 0 Å². The molecule has 1 N–H and O–H groups in total. The molecule has 2 unspecified atom stereocenters. The first-order valence-electron chi connectivity index (χ1n) is 12.4. The summed E-state index contributed by atoms with van der Waals surface area (Å²) in [4.78, 5) is 36.9. The van der Waals surface area contributed by atoms with Gasteiger partial charge in [0.15, 0.2) is 0 Å². The van der Waals surface area contributed by atoms with Crippen molar-refractivity contribution in [3.8, 4) is 11.5 Å². The van der Waals surface area contributed by atoms with Gasteiger partial charge in [-0.3, -0.25) is 14.6 Å². The van der Waals surface area contributed by atoms with Gasteiger partial charge in [-0.1, -0.05) is 41.4 Å². The molecule has 3 heterocycles. The molecule has 0 radical (unpaired) electrons. The standard InChI is InChI=1S/C29H24Cl2FN3O5/c1-39-20-7-4-8-21(40-2)22(20)23-26(15-5-3-6-17(30)11-15)34-28(37)24(27(23)36)29(38)35-10-9-16(14-35)25-19(32)12-18(31)13-33-25/h3-8,11-13,16,23,36H,9-10,14H2,1-2H3. The predicted octanol–water partition coefficient (Wildman–Crippen LogP) is 5.49. The van der Waals surface area contributed by atoms with Gasteiger partial charge in [0.25, 0.3) is 11.8 Å². The molecule has 2 atom stereocenters. The number of aliphatic hydroxyl groups is 1. The summed E-state index contributed by atoms with van der Waals surface area (Å²) in [5, 5.41) is 12.2. The van der Waals surface area contributed by atoms with Crippen LogP contribution in [0.25, 0.3) is 0 Å². The van der Waals surface area contributed by atoms with Crippen molar-refractivity contribution in [2.75, 3.05) is 27.3 Å². The molecule has 5 rings (SSSR count). The minimum absolute atomic E-state index is 0.0992. The van der Waals surface area contributed by atoms with E-state index in [4.69, 9.17) is 32.7 Å². The maximum absolute atomic E-state index is 14.5. The largest absolute Gasteiger partial charge is 0.510 e. The van der Waals surface area contributed by atoms with Gasteiger partial charge in [-0.25, -0.2) is 9.38 Å². The number of rotatable bonds is 6. The van der Waals surface area contributed by atoms with Crippen molar-refractivity contribution in [2.24, 2.45) is 4.99 Å². The fourth-order valence-electron chi connectivity index (χ4n) is 5.18. The van der Waals surface area contributed by atoms with E-state index in [1.54, 1.807) is 42.5 Å². The van der Waals surface area contributed by atoms with Crippen LogP contribution in [0.2, 0.25) is 10.0 Å². The molecule has 2 amide bonds. The average Bonchev–Trinajstić information content (AvgIpc) is 3.42. The number of pyridine rings is 1. The Morgan fingerprint density at radius 3 is 2.42 bits per heavy atom. The number of methoxy groups -OCH3 is 2. The number of hydrogen-bond donors (Lipinski definition) is 1. The highest BCUT2D eigenvalue weighted by atomic mass is 35.5. The van der Waals surface area contributed by atoms with Gasteiger partial charge in [-0.05, 0) is 42.3 Å². The fraction of sp³-hybridized carbons (Fsp3) is 0.241. The van der Waals surface area contributed by atoms with E-state index in [1.165, 1.54) is 31.4 Å². The van der Waals surface area contributed by atoms with Crippen molar-refractivity contribution >= 4 is 40.7 Å². The summed E-state index contributed by atoms with van der Waals surface area (Å²) in [6.45, 7) is 0.326. The van der Waals surface area contributed by atoms with E-state index in [-0.39, 0.29) is 29.5 Å². The summed E-state index contributed by atoms with van der Waals surface area (Å²) in [6, 6.07) is 12.9. The van der Waals surface area contributed by atoms with Crippen LogP contribution in [-0.4, -0.2) is 59.8 Å². The smallest absolute Gasteiger partial charge is 0.286 e. The number of carbonyl (C=O) groups excluding carboxylic acids is 2. The summed E-state index contributed by atoms with van der Waals surface area (Å²) in [5.74, 6) is -3.46. The lowest BCUT2D eigenvalue weighted by Crippen LogP contribution is -2.37. The Bertz CT molecular complexity index is 1550. The van der Waals surface area contributed by atoms with E-state index < -0.39 is 40.8 Å². The van der Waals surface area contributed by atoms with Crippen molar-refractivity contribution < 1.29 is 28.6 Å². The number of dihydropyridines is 1. The molecule has 3 aromatic rings. The Morgan fingerprint density at radius 2 is 1.77 bits per heavy atom. The third kappa shape index (κ3) is 5.02. The highest BCUT2D eigenvalue weighted by Gasteiger charge is 2.42. The molecule has 206 valence electrons. The summed E-state index contributed by atoms with van der Waals surface area (Å²) < 4.78 is 25.7. The van der Waals surface area contributed by atoms with E-state index in [0.29, 0.717) is 34.1 Å². The van der Waals surface area contributed by atoms with E-state index in [1.807, 2.05) is 0 Å². The summed E-state index contributed by atoms with van der Waals surface area (Å²) in [6.07, 6.45) is 1.76. The van der Waals surface area contributed by atoms with Crippen molar-refractivity contribution in [3.63, 3.8) is 0 Å². The van der Waals surface area contributed by atoms with Crippen LogP contribution in [0.3, 0.4) is 0 Å². The number of carbonyl (C=O) groups is 2. The van der Waals surface area contributed by atoms with Crippen LogP contribution < -0.4 is 9.47 Å². The summed E-state index contributed by atoms with van der Waals surface area (Å²) in [5.41, 5.74) is 0.742. The number of hydrogen-bond acceptors (Lipinski definition) is 6. The van der Waals surface area contributed by atoms with Gasteiger partial charge in [-0.2, -0.15) is 0 Å². The summed E-state index contributed by atoms with van der Waals surface area (Å²) >= 11 is 12.1. The lowest BCUT2D eigenvalue weighted by atomic mass is 9.83. The van der Waals surface area contributed by atoms with Crippen molar-refractivity contribution in [1.29, 1.82) is 0 Å². The minimum atomic E-state index is -1.09. The Kier molecular flexibility index (Phi) is 7.78. The lowest BCUT2D eigenvalue weighted by molar-refractivity contribution is -0.129. The topological polar surface area (TPSA) is 101 Å². The quantitative estimate of drug-likeness (QED) is 0.385. The van der Waals surface area contributed by atoms with E-state index in [2.05, 4.69) is 9.98 Å². The Labute approximate surface area is 239 Å². The van der Waals surface area contributed by atoms with E-state index in [9.17, 15) is 19.1 Å². The monoisotopic (exact) mass is 583 g/mol. The Balaban J connectivity index is 1.58. The molecule has 0 saturated carbocycles. The van der Waals surface area contributed by atoms with Crippen LogP contribution in [-0.2, 0) is 9.59 Å². The highest BCUT2D eigenvalue weighted by Crippen LogP contribution is 2.43. The van der Waals surface area contributed by atoms with Crippen LogP contribution >= 0.6 is 23.2 Å². The third-order valence-corrected chi connectivity index (χ3v) is 7.47. The maximum Gasteiger partial charge on any atom is 0.286 e. The van der Waals surface area contributed by atoms with Crippen molar-refractivity contribution in [2.45, 2.75) is 18.3 Å². The van der Waals surface area contributed by atoms with Crippen LogP contribution in [0.5, 0.6) is 11.5 Å². The van der Waals surface area contributed by atoms with Gasteiger partial charge in [0.1, 0.15) is 28.6 Å². The van der Waals surface area contributed by atoms with Crippen molar-refractivity contribution in [3.05, 3.63) is 98.7 Å². The highest BCUT2D eigenvalue weighted by molar-refractivity contribution is 6.32. The fourth-order valence-corrected chi connectivity index (χ4v) is 5.52.